The molecule has 2 rings (SSSR count). The Kier molecular flexibility index (Phi) is 4.37. The quantitative estimate of drug-likeness (QED) is 0.889. The fourth-order valence-electron chi connectivity index (χ4n) is 1.87. The van der Waals surface area contributed by atoms with Crippen molar-refractivity contribution < 1.29 is 10.2 Å². The molecule has 3 heteroatoms. The van der Waals surface area contributed by atoms with Crippen LogP contribution < -0.4 is 0 Å². The minimum Gasteiger partial charge on any atom is -0.390 e. The summed E-state index contributed by atoms with van der Waals surface area (Å²) in [5.74, 6) is 0. The van der Waals surface area contributed by atoms with Gasteiger partial charge in [0.1, 0.15) is 6.10 Å². The van der Waals surface area contributed by atoms with Crippen LogP contribution in [0.15, 0.2) is 54.6 Å². The number of halogens is 1. The Labute approximate surface area is 111 Å². The van der Waals surface area contributed by atoms with E-state index >= 15 is 0 Å². The average Bonchev–Trinajstić information content (AvgIpc) is 2.41. The van der Waals surface area contributed by atoms with Gasteiger partial charge in [0.2, 0.25) is 0 Å². The van der Waals surface area contributed by atoms with E-state index in [0.717, 1.165) is 5.56 Å². The highest BCUT2D eigenvalue weighted by atomic mass is 35.5. The summed E-state index contributed by atoms with van der Waals surface area (Å²) < 4.78 is 0. The van der Waals surface area contributed by atoms with E-state index in [4.69, 9.17) is 11.6 Å². The summed E-state index contributed by atoms with van der Waals surface area (Å²) in [4.78, 5) is 0. The Hall–Kier alpha value is -1.35. The van der Waals surface area contributed by atoms with Crippen LogP contribution in [0.4, 0.5) is 0 Å². The van der Waals surface area contributed by atoms with Crippen LogP contribution in [0.2, 0.25) is 5.02 Å². The molecule has 0 aliphatic carbocycles. The maximum atomic E-state index is 10.0. The molecule has 2 nitrogen and oxygen atoms in total. The molecule has 0 fully saturated rings. The van der Waals surface area contributed by atoms with Crippen LogP contribution >= 0.6 is 11.6 Å². The van der Waals surface area contributed by atoms with E-state index < -0.39 is 12.2 Å². The van der Waals surface area contributed by atoms with Crippen LogP contribution in [0.5, 0.6) is 0 Å². The molecule has 94 valence electrons. The Balaban J connectivity index is 2.09. The van der Waals surface area contributed by atoms with Crippen molar-refractivity contribution in [2.75, 3.05) is 0 Å². The summed E-state index contributed by atoms with van der Waals surface area (Å²) >= 11 is 6.03. The second-order valence-corrected chi connectivity index (χ2v) is 4.63. The molecule has 0 radical (unpaired) electrons. The van der Waals surface area contributed by atoms with E-state index in [9.17, 15) is 10.2 Å². The van der Waals surface area contributed by atoms with Gasteiger partial charge in [-0.2, -0.15) is 0 Å². The molecule has 18 heavy (non-hydrogen) atoms. The molecule has 0 bridgehead atoms. The fraction of sp³-hybridized carbons (Fsp3) is 0.200. The maximum absolute atomic E-state index is 10.0. The van der Waals surface area contributed by atoms with E-state index in [2.05, 4.69) is 0 Å². The van der Waals surface area contributed by atoms with E-state index in [0.29, 0.717) is 17.0 Å². The molecular weight excluding hydrogens is 248 g/mol. The summed E-state index contributed by atoms with van der Waals surface area (Å²) in [6, 6.07) is 16.5. The van der Waals surface area contributed by atoms with Gasteiger partial charge in [0, 0.05) is 11.4 Å². The highest BCUT2D eigenvalue weighted by Gasteiger charge is 2.19. The molecule has 2 unspecified atom stereocenters. The van der Waals surface area contributed by atoms with Crippen LogP contribution in [-0.2, 0) is 6.42 Å². The summed E-state index contributed by atoms with van der Waals surface area (Å²) in [6.07, 6.45) is -1.44. The molecule has 2 N–H and O–H groups in total. The molecule has 0 aliphatic heterocycles. The average molecular weight is 263 g/mol. The number of hydrogen-bond donors (Lipinski definition) is 2. The third-order valence-electron chi connectivity index (χ3n) is 2.89. The van der Waals surface area contributed by atoms with Gasteiger partial charge in [0.15, 0.2) is 0 Å². The lowest BCUT2D eigenvalue weighted by atomic mass is 9.98. The SMILES string of the molecule is OC(Cc1ccccc1Cl)C(O)c1ccccc1. The monoisotopic (exact) mass is 262 g/mol. The van der Waals surface area contributed by atoms with Crippen molar-refractivity contribution >= 4 is 11.6 Å². The second-order valence-electron chi connectivity index (χ2n) is 4.22. The molecule has 0 aromatic heterocycles. The predicted octanol–water partition coefficient (Wildman–Crippen LogP) is 2.98. The number of benzene rings is 2. The number of aliphatic hydroxyl groups excluding tert-OH is 2. The van der Waals surface area contributed by atoms with Crippen molar-refractivity contribution in [3.05, 3.63) is 70.7 Å². The predicted molar refractivity (Wildman–Crippen MR) is 72.6 cm³/mol. The normalized spacial score (nSPS) is 14.2. The lowest BCUT2D eigenvalue weighted by molar-refractivity contribution is 0.0190. The number of rotatable bonds is 4. The minimum absolute atomic E-state index is 0.329. The summed E-state index contributed by atoms with van der Waals surface area (Å²) in [5, 5.41) is 20.7. The Morgan fingerprint density at radius 3 is 2.17 bits per heavy atom. The minimum atomic E-state index is -0.900. The van der Waals surface area contributed by atoms with Crippen molar-refractivity contribution in [2.45, 2.75) is 18.6 Å². The zero-order chi connectivity index (χ0) is 13.0. The topological polar surface area (TPSA) is 40.5 Å². The van der Waals surface area contributed by atoms with Crippen molar-refractivity contribution in [2.24, 2.45) is 0 Å². The largest absolute Gasteiger partial charge is 0.390 e. The van der Waals surface area contributed by atoms with Gasteiger partial charge < -0.3 is 10.2 Å². The van der Waals surface area contributed by atoms with Crippen molar-refractivity contribution in [1.82, 2.24) is 0 Å². The molecule has 0 amide bonds. The highest BCUT2D eigenvalue weighted by molar-refractivity contribution is 6.31. The second kappa shape index (κ2) is 6.01. The molecule has 2 aromatic rings. The smallest absolute Gasteiger partial charge is 0.105 e. The van der Waals surface area contributed by atoms with E-state index in [-0.39, 0.29) is 0 Å². The maximum Gasteiger partial charge on any atom is 0.105 e. The van der Waals surface area contributed by atoms with Crippen molar-refractivity contribution in [3.8, 4) is 0 Å². The molecule has 0 spiro atoms. The first kappa shape index (κ1) is 13.1. The first-order valence-corrected chi connectivity index (χ1v) is 6.21. The van der Waals surface area contributed by atoms with Crippen LogP contribution in [0.3, 0.4) is 0 Å². The first-order valence-electron chi connectivity index (χ1n) is 5.83. The van der Waals surface area contributed by atoms with Crippen LogP contribution in [0.1, 0.15) is 17.2 Å². The lowest BCUT2D eigenvalue weighted by Crippen LogP contribution is -2.20. The van der Waals surface area contributed by atoms with Crippen molar-refractivity contribution in [3.63, 3.8) is 0 Å². The third kappa shape index (κ3) is 3.10. The number of aliphatic hydroxyl groups is 2. The van der Waals surface area contributed by atoms with Gasteiger partial charge in [-0.1, -0.05) is 60.1 Å². The molecule has 2 atom stereocenters. The Morgan fingerprint density at radius 1 is 0.889 bits per heavy atom. The Bertz CT molecular complexity index is 499. The molecular formula is C15H15ClO2. The van der Waals surface area contributed by atoms with Gasteiger partial charge in [-0.25, -0.2) is 0 Å². The fourth-order valence-corrected chi connectivity index (χ4v) is 2.09. The van der Waals surface area contributed by atoms with Crippen LogP contribution in [0.25, 0.3) is 0 Å². The molecule has 2 aromatic carbocycles. The zero-order valence-electron chi connectivity index (χ0n) is 9.83. The van der Waals surface area contributed by atoms with E-state index in [1.54, 1.807) is 18.2 Å². The molecule has 0 saturated heterocycles. The van der Waals surface area contributed by atoms with Crippen LogP contribution in [-0.4, -0.2) is 16.3 Å². The van der Waals surface area contributed by atoms with Crippen molar-refractivity contribution in [1.29, 1.82) is 0 Å². The summed E-state index contributed by atoms with van der Waals surface area (Å²) in [6.45, 7) is 0. The van der Waals surface area contributed by atoms with Gasteiger partial charge in [-0.15, -0.1) is 0 Å². The van der Waals surface area contributed by atoms with Gasteiger partial charge in [0.25, 0.3) is 0 Å². The van der Waals surface area contributed by atoms with Gasteiger partial charge >= 0.3 is 0 Å². The number of hydrogen-bond acceptors (Lipinski definition) is 2. The molecule has 0 heterocycles. The lowest BCUT2D eigenvalue weighted by Gasteiger charge is -2.18. The van der Waals surface area contributed by atoms with Crippen LogP contribution in [0, 0.1) is 0 Å². The standard InChI is InChI=1S/C15H15ClO2/c16-13-9-5-4-8-12(13)10-14(17)15(18)11-6-2-1-3-7-11/h1-9,14-15,17-18H,10H2. The van der Waals surface area contributed by atoms with E-state index in [1.807, 2.05) is 36.4 Å². The van der Waals surface area contributed by atoms with Gasteiger partial charge in [0.05, 0.1) is 6.10 Å². The van der Waals surface area contributed by atoms with E-state index in [1.165, 1.54) is 0 Å². The summed E-state index contributed by atoms with van der Waals surface area (Å²) in [7, 11) is 0. The summed E-state index contributed by atoms with van der Waals surface area (Å²) in [5.41, 5.74) is 1.54. The molecule has 0 saturated carbocycles. The molecule has 0 aliphatic rings. The van der Waals surface area contributed by atoms with Gasteiger partial charge in [-0.3, -0.25) is 0 Å². The highest BCUT2D eigenvalue weighted by Crippen LogP contribution is 2.23. The third-order valence-corrected chi connectivity index (χ3v) is 3.26. The zero-order valence-corrected chi connectivity index (χ0v) is 10.6. The first-order chi connectivity index (χ1) is 8.68. The van der Waals surface area contributed by atoms with Gasteiger partial charge in [-0.05, 0) is 17.2 Å². The Morgan fingerprint density at radius 2 is 1.50 bits per heavy atom.